The normalized spacial score (nSPS) is 12.5. The van der Waals surface area contributed by atoms with Crippen molar-refractivity contribution in [3.8, 4) is 0 Å². The summed E-state index contributed by atoms with van der Waals surface area (Å²) in [6.07, 6.45) is 12.3. The van der Waals surface area contributed by atoms with E-state index in [2.05, 4.69) is 6.92 Å². The molecule has 0 aliphatic carbocycles. The van der Waals surface area contributed by atoms with Gasteiger partial charge in [-0.1, -0.05) is 50.8 Å². The van der Waals surface area contributed by atoms with Crippen molar-refractivity contribution < 1.29 is 14.3 Å². The number of hydrogen-bond acceptors (Lipinski definition) is 4. The fraction of sp³-hybridized carbons (Fsp3) is 0.941. The van der Waals surface area contributed by atoms with Crippen molar-refractivity contribution in [2.45, 2.75) is 77.7 Å². The van der Waals surface area contributed by atoms with E-state index < -0.39 is 0 Å². The van der Waals surface area contributed by atoms with Crippen LogP contribution in [-0.2, 0) is 14.3 Å². The zero-order valence-electron chi connectivity index (χ0n) is 14.2. The summed E-state index contributed by atoms with van der Waals surface area (Å²) in [6, 6.07) is 0. The van der Waals surface area contributed by atoms with Gasteiger partial charge in [0, 0.05) is 13.0 Å². The first-order valence-electron chi connectivity index (χ1n) is 8.50. The quantitative estimate of drug-likeness (QED) is 0.405. The summed E-state index contributed by atoms with van der Waals surface area (Å²) in [7, 11) is 0. The highest BCUT2D eigenvalue weighted by Crippen LogP contribution is 2.16. The van der Waals surface area contributed by atoms with Gasteiger partial charge in [-0.05, 0) is 32.4 Å². The summed E-state index contributed by atoms with van der Waals surface area (Å²) < 4.78 is 11.2. The summed E-state index contributed by atoms with van der Waals surface area (Å²) in [6.45, 7) is 6.32. The van der Waals surface area contributed by atoms with Crippen molar-refractivity contribution in [3.63, 3.8) is 0 Å². The van der Waals surface area contributed by atoms with Crippen molar-refractivity contribution >= 4 is 16.9 Å². The van der Waals surface area contributed by atoms with Gasteiger partial charge in [-0.2, -0.15) is 0 Å². The molecule has 0 saturated heterocycles. The van der Waals surface area contributed by atoms with Gasteiger partial charge < -0.3 is 9.47 Å². The zero-order valence-corrected chi connectivity index (χ0v) is 15.0. The number of ether oxygens (including phenoxy) is 2. The highest BCUT2D eigenvalue weighted by atomic mass is 32.2. The molecule has 0 radical (unpaired) electrons. The molecule has 21 heavy (non-hydrogen) atoms. The average molecular weight is 319 g/mol. The predicted molar refractivity (Wildman–Crippen MR) is 92.0 cm³/mol. The Hall–Kier alpha value is -0.0600. The van der Waals surface area contributed by atoms with Crippen LogP contribution in [0.1, 0.15) is 71.6 Å². The van der Waals surface area contributed by atoms with E-state index in [-0.39, 0.29) is 5.12 Å². The average Bonchev–Trinajstić information content (AvgIpc) is 2.50. The maximum Gasteiger partial charge on any atom is 0.188 e. The molecule has 0 N–H and O–H groups in total. The zero-order chi connectivity index (χ0) is 15.8. The monoisotopic (exact) mass is 318 g/mol. The molecule has 1 unspecified atom stereocenters. The van der Waals surface area contributed by atoms with E-state index in [0.717, 1.165) is 25.9 Å². The first-order chi connectivity index (χ1) is 10.2. The first-order valence-corrected chi connectivity index (χ1v) is 9.73. The molecule has 0 amide bonds. The van der Waals surface area contributed by atoms with Gasteiger partial charge in [-0.3, -0.25) is 4.79 Å². The molecule has 4 heteroatoms. The van der Waals surface area contributed by atoms with E-state index in [1.165, 1.54) is 43.9 Å². The largest absolute Gasteiger partial charge is 0.379 e. The summed E-state index contributed by atoms with van der Waals surface area (Å²) in [4.78, 5) is 11.3. The molecular weight excluding hydrogens is 284 g/mol. The molecule has 0 fully saturated rings. The molecule has 126 valence electrons. The Kier molecular flexibility index (Phi) is 16.3. The summed E-state index contributed by atoms with van der Waals surface area (Å²) >= 11 is 1.33. The van der Waals surface area contributed by atoms with Crippen LogP contribution >= 0.6 is 11.8 Å². The molecule has 0 aromatic heterocycles. The molecule has 0 spiro atoms. The predicted octanol–water partition coefficient (Wildman–Crippen LogP) is 4.83. The molecule has 3 nitrogen and oxygen atoms in total. The number of carbonyl (C=O) groups is 1. The number of thioether (sulfide) groups is 1. The van der Waals surface area contributed by atoms with Crippen LogP contribution in [0.25, 0.3) is 0 Å². The Morgan fingerprint density at radius 1 is 1.00 bits per heavy atom. The van der Waals surface area contributed by atoms with E-state index in [4.69, 9.17) is 9.47 Å². The number of hydrogen-bond donors (Lipinski definition) is 0. The maximum absolute atomic E-state index is 11.3. The van der Waals surface area contributed by atoms with Crippen molar-refractivity contribution in [1.29, 1.82) is 0 Å². The maximum atomic E-state index is 11.3. The van der Waals surface area contributed by atoms with Crippen LogP contribution in [0, 0.1) is 0 Å². The lowest BCUT2D eigenvalue weighted by Crippen LogP contribution is -2.17. The molecule has 0 aromatic carbocycles. The van der Waals surface area contributed by atoms with Gasteiger partial charge in [-0.15, -0.1) is 0 Å². The third-order valence-corrected chi connectivity index (χ3v) is 4.21. The van der Waals surface area contributed by atoms with Crippen molar-refractivity contribution in [1.82, 2.24) is 0 Å². The lowest BCUT2D eigenvalue weighted by molar-refractivity contribution is -0.111. The summed E-state index contributed by atoms with van der Waals surface area (Å²) in [5, 5.41) is 0.283. The number of carbonyl (C=O) groups excluding carboxylic acids is 1. The first kappa shape index (κ1) is 20.9. The topological polar surface area (TPSA) is 35.5 Å². The molecule has 0 heterocycles. The third-order valence-electron chi connectivity index (χ3n) is 3.55. The van der Waals surface area contributed by atoms with Crippen molar-refractivity contribution in [2.24, 2.45) is 0 Å². The third kappa shape index (κ3) is 14.6. The van der Waals surface area contributed by atoms with Gasteiger partial charge in [0.15, 0.2) is 5.12 Å². The summed E-state index contributed by atoms with van der Waals surface area (Å²) in [5.41, 5.74) is 0. The second-order valence-electron chi connectivity index (χ2n) is 5.36. The Morgan fingerprint density at radius 2 is 1.71 bits per heavy atom. The van der Waals surface area contributed by atoms with Gasteiger partial charge >= 0.3 is 0 Å². The molecule has 0 aliphatic heterocycles. The van der Waals surface area contributed by atoms with Crippen LogP contribution in [-0.4, -0.2) is 37.3 Å². The van der Waals surface area contributed by atoms with E-state index in [0.29, 0.717) is 25.7 Å². The summed E-state index contributed by atoms with van der Waals surface area (Å²) in [5.74, 6) is 0. The van der Waals surface area contributed by atoms with E-state index in [1.807, 2.05) is 13.2 Å². The standard InChI is InChI=1S/C17H34O3S/c1-4-6-7-8-9-11-16(20-15-14-19-5-2)12-10-13-17(18)21-3/h16H,4-15H2,1-3H3. The second kappa shape index (κ2) is 16.3. The fourth-order valence-corrected chi connectivity index (χ4v) is 2.63. The Labute approximate surface area is 135 Å². The van der Waals surface area contributed by atoms with Crippen LogP contribution in [0.4, 0.5) is 0 Å². The Bertz CT molecular complexity index is 234. The fourth-order valence-electron chi connectivity index (χ4n) is 2.28. The van der Waals surface area contributed by atoms with Crippen LogP contribution in [0.2, 0.25) is 0 Å². The Balaban J connectivity index is 3.82. The van der Waals surface area contributed by atoms with Crippen molar-refractivity contribution in [2.75, 3.05) is 26.1 Å². The van der Waals surface area contributed by atoms with Gasteiger partial charge in [-0.25, -0.2) is 0 Å². The molecule has 0 aromatic rings. The molecule has 0 rings (SSSR count). The minimum atomic E-state index is 0.283. The van der Waals surface area contributed by atoms with Gasteiger partial charge in [0.25, 0.3) is 0 Å². The highest BCUT2D eigenvalue weighted by molar-refractivity contribution is 8.13. The molecule has 1 atom stereocenters. The van der Waals surface area contributed by atoms with Gasteiger partial charge in [0.2, 0.25) is 0 Å². The Morgan fingerprint density at radius 3 is 2.38 bits per heavy atom. The SMILES string of the molecule is CCCCCCCC(CCCC(=O)SC)OCCOCC. The minimum absolute atomic E-state index is 0.283. The molecule has 0 saturated carbocycles. The smallest absolute Gasteiger partial charge is 0.188 e. The number of rotatable bonds is 15. The van der Waals surface area contributed by atoms with Crippen LogP contribution in [0.3, 0.4) is 0 Å². The van der Waals surface area contributed by atoms with E-state index in [9.17, 15) is 4.79 Å². The molecule has 0 bridgehead atoms. The van der Waals surface area contributed by atoms with Crippen LogP contribution < -0.4 is 0 Å². The second-order valence-corrected chi connectivity index (χ2v) is 6.22. The molecular formula is C17H34O3S. The van der Waals surface area contributed by atoms with Crippen molar-refractivity contribution in [3.05, 3.63) is 0 Å². The van der Waals surface area contributed by atoms with E-state index in [1.54, 1.807) is 0 Å². The van der Waals surface area contributed by atoms with Gasteiger partial charge in [0.1, 0.15) is 0 Å². The lowest BCUT2D eigenvalue weighted by Gasteiger charge is -2.18. The lowest BCUT2D eigenvalue weighted by atomic mass is 10.0. The number of unbranched alkanes of at least 4 members (excludes halogenated alkanes) is 4. The van der Waals surface area contributed by atoms with Gasteiger partial charge in [0.05, 0.1) is 19.3 Å². The van der Waals surface area contributed by atoms with Crippen LogP contribution in [0.15, 0.2) is 0 Å². The minimum Gasteiger partial charge on any atom is -0.379 e. The molecule has 0 aliphatic rings. The highest BCUT2D eigenvalue weighted by Gasteiger charge is 2.10. The van der Waals surface area contributed by atoms with Crippen LogP contribution in [0.5, 0.6) is 0 Å². The van der Waals surface area contributed by atoms with E-state index >= 15 is 0 Å².